The van der Waals surface area contributed by atoms with Crippen LogP contribution in [0.15, 0.2) is 41.8 Å². The van der Waals surface area contributed by atoms with Gasteiger partial charge in [0.2, 0.25) is 17.7 Å². The summed E-state index contributed by atoms with van der Waals surface area (Å²) < 4.78 is 0. The maximum atomic E-state index is 12.6. The molecule has 2 aliphatic rings. The Kier molecular flexibility index (Phi) is 6.23. The predicted molar refractivity (Wildman–Crippen MR) is 116 cm³/mol. The molecule has 0 bridgehead atoms. The summed E-state index contributed by atoms with van der Waals surface area (Å²) in [4.78, 5) is 44.8. The smallest absolute Gasteiger partial charge is 0.250 e. The summed E-state index contributed by atoms with van der Waals surface area (Å²) in [6.45, 7) is 2.34. The Labute approximate surface area is 179 Å². The van der Waals surface area contributed by atoms with Crippen LogP contribution in [0, 0.1) is 5.92 Å². The number of piperazine rings is 1. The summed E-state index contributed by atoms with van der Waals surface area (Å²) in [5.41, 5.74) is 1.58. The second kappa shape index (κ2) is 9.21. The van der Waals surface area contributed by atoms with Crippen molar-refractivity contribution in [1.82, 2.24) is 14.8 Å². The number of hydrogen-bond donors (Lipinski definition) is 1. The van der Waals surface area contributed by atoms with Gasteiger partial charge >= 0.3 is 0 Å². The molecule has 4 rings (SSSR count). The lowest BCUT2D eigenvalue weighted by Crippen LogP contribution is -2.51. The molecule has 2 heterocycles. The van der Waals surface area contributed by atoms with Crippen LogP contribution in [-0.4, -0.2) is 58.7 Å². The molecule has 8 heteroatoms. The highest BCUT2D eigenvalue weighted by Gasteiger charge is 2.35. The number of aromatic nitrogens is 1. The number of carbonyl (C=O) groups is 3. The largest absolute Gasteiger partial charge is 0.339 e. The Hall–Kier alpha value is -3.00. The molecule has 1 aliphatic carbocycles. The van der Waals surface area contributed by atoms with E-state index in [0.717, 1.165) is 18.4 Å². The van der Waals surface area contributed by atoms with E-state index < -0.39 is 0 Å². The van der Waals surface area contributed by atoms with Crippen LogP contribution < -0.4 is 5.32 Å². The molecule has 0 spiro atoms. The number of hydrogen-bond acceptors (Lipinski definition) is 5. The van der Waals surface area contributed by atoms with E-state index in [0.29, 0.717) is 37.0 Å². The lowest BCUT2D eigenvalue weighted by Gasteiger charge is -2.34. The Morgan fingerprint density at radius 2 is 1.77 bits per heavy atom. The third-order valence-electron chi connectivity index (χ3n) is 5.21. The molecule has 1 aliphatic heterocycles. The molecule has 0 radical (unpaired) electrons. The van der Waals surface area contributed by atoms with Crippen LogP contribution in [0.25, 0.3) is 6.08 Å². The predicted octanol–water partition coefficient (Wildman–Crippen LogP) is 2.42. The van der Waals surface area contributed by atoms with Crippen molar-refractivity contribution >= 4 is 40.3 Å². The van der Waals surface area contributed by atoms with Crippen molar-refractivity contribution in [2.45, 2.75) is 19.3 Å². The van der Waals surface area contributed by atoms with Crippen molar-refractivity contribution in [1.29, 1.82) is 0 Å². The van der Waals surface area contributed by atoms with Gasteiger partial charge in [-0.1, -0.05) is 30.3 Å². The van der Waals surface area contributed by atoms with Gasteiger partial charge in [-0.05, 0) is 24.5 Å². The number of anilines is 1. The minimum absolute atomic E-state index is 0.000621. The van der Waals surface area contributed by atoms with Crippen molar-refractivity contribution in [3.8, 4) is 0 Å². The van der Waals surface area contributed by atoms with Crippen LogP contribution in [0.3, 0.4) is 0 Å². The monoisotopic (exact) mass is 424 g/mol. The van der Waals surface area contributed by atoms with Gasteiger partial charge < -0.3 is 9.80 Å². The SMILES string of the molecule is O=C(/C=C/c1ccccc1)Nc1nc(CC(=O)N2CCN(C(=O)C3CC3)CC2)cs1. The van der Waals surface area contributed by atoms with E-state index in [1.54, 1.807) is 16.4 Å². The number of carbonyl (C=O) groups excluding carboxylic acids is 3. The molecule has 1 aromatic heterocycles. The van der Waals surface area contributed by atoms with Crippen LogP contribution in [-0.2, 0) is 20.8 Å². The molecule has 1 N–H and O–H groups in total. The van der Waals surface area contributed by atoms with Crippen LogP contribution >= 0.6 is 11.3 Å². The molecule has 2 fully saturated rings. The number of nitrogens with one attached hydrogen (secondary N) is 1. The third-order valence-corrected chi connectivity index (χ3v) is 6.02. The van der Waals surface area contributed by atoms with E-state index in [-0.39, 0.29) is 30.1 Å². The minimum atomic E-state index is -0.262. The van der Waals surface area contributed by atoms with Crippen molar-refractivity contribution in [3.63, 3.8) is 0 Å². The highest BCUT2D eigenvalue weighted by atomic mass is 32.1. The summed E-state index contributed by atoms with van der Waals surface area (Å²) in [6.07, 6.45) is 5.40. The van der Waals surface area contributed by atoms with Gasteiger partial charge in [0.25, 0.3) is 0 Å². The molecule has 30 heavy (non-hydrogen) atoms. The van der Waals surface area contributed by atoms with Crippen LogP contribution in [0.2, 0.25) is 0 Å². The van der Waals surface area contributed by atoms with Crippen LogP contribution in [0.1, 0.15) is 24.1 Å². The zero-order chi connectivity index (χ0) is 20.9. The number of benzene rings is 1. The third kappa shape index (κ3) is 5.33. The maximum Gasteiger partial charge on any atom is 0.250 e. The van der Waals surface area contributed by atoms with E-state index in [2.05, 4.69) is 10.3 Å². The zero-order valence-corrected chi connectivity index (χ0v) is 17.4. The lowest BCUT2D eigenvalue weighted by atomic mass is 10.2. The van der Waals surface area contributed by atoms with Crippen molar-refractivity contribution in [2.75, 3.05) is 31.5 Å². The number of thiazole rings is 1. The summed E-state index contributed by atoms with van der Waals surface area (Å²) in [7, 11) is 0. The second-order valence-corrected chi connectivity index (χ2v) is 8.39. The van der Waals surface area contributed by atoms with E-state index in [1.807, 2.05) is 35.2 Å². The summed E-state index contributed by atoms with van der Waals surface area (Å²) in [5, 5.41) is 5.00. The molecular weight excluding hydrogens is 400 g/mol. The van der Waals surface area contributed by atoms with Crippen molar-refractivity contribution < 1.29 is 14.4 Å². The Morgan fingerprint density at radius 1 is 1.07 bits per heavy atom. The van der Waals surface area contributed by atoms with Gasteiger partial charge in [0, 0.05) is 43.6 Å². The summed E-state index contributed by atoms with van der Waals surface area (Å²) in [5.74, 6) is 0.199. The van der Waals surface area contributed by atoms with Gasteiger partial charge in [-0.15, -0.1) is 11.3 Å². The van der Waals surface area contributed by atoms with Crippen LogP contribution in [0.5, 0.6) is 0 Å². The fraction of sp³-hybridized carbons (Fsp3) is 0.364. The minimum Gasteiger partial charge on any atom is -0.339 e. The maximum absolute atomic E-state index is 12.6. The van der Waals surface area contributed by atoms with Gasteiger partial charge in [0.1, 0.15) is 0 Å². The Morgan fingerprint density at radius 3 is 2.47 bits per heavy atom. The van der Waals surface area contributed by atoms with Gasteiger partial charge in [-0.25, -0.2) is 4.98 Å². The highest BCUT2D eigenvalue weighted by Crippen LogP contribution is 2.31. The van der Waals surface area contributed by atoms with Crippen molar-refractivity contribution in [2.24, 2.45) is 5.92 Å². The van der Waals surface area contributed by atoms with Gasteiger partial charge in [-0.3, -0.25) is 19.7 Å². The normalized spacial score (nSPS) is 16.7. The molecule has 1 aromatic carbocycles. The molecule has 0 atom stereocenters. The molecule has 1 saturated carbocycles. The van der Waals surface area contributed by atoms with Gasteiger partial charge in [0.15, 0.2) is 5.13 Å². The molecule has 0 unspecified atom stereocenters. The quantitative estimate of drug-likeness (QED) is 0.722. The van der Waals surface area contributed by atoms with Crippen molar-refractivity contribution in [3.05, 3.63) is 53.0 Å². The first-order valence-electron chi connectivity index (χ1n) is 10.1. The van der Waals surface area contributed by atoms with Gasteiger partial charge in [0.05, 0.1) is 12.1 Å². The van der Waals surface area contributed by atoms with E-state index in [9.17, 15) is 14.4 Å². The fourth-order valence-electron chi connectivity index (χ4n) is 3.36. The number of amides is 3. The van der Waals surface area contributed by atoms with E-state index in [4.69, 9.17) is 0 Å². The zero-order valence-electron chi connectivity index (χ0n) is 16.6. The average Bonchev–Trinajstić information content (AvgIpc) is 3.53. The molecular formula is C22H24N4O3S. The Bertz CT molecular complexity index is 944. The molecule has 3 amide bonds. The van der Waals surface area contributed by atoms with Crippen LogP contribution in [0.4, 0.5) is 5.13 Å². The molecule has 1 saturated heterocycles. The average molecular weight is 425 g/mol. The second-order valence-electron chi connectivity index (χ2n) is 7.53. The standard InChI is InChI=1S/C22H24N4O3S/c27-19(9-6-16-4-2-1-3-5-16)24-22-23-18(15-30-22)14-20(28)25-10-12-26(13-11-25)21(29)17-7-8-17/h1-6,9,15,17H,7-8,10-14H2,(H,23,24,27)/b9-6+. The number of rotatable bonds is 6. The lowest BCUT2D eigenvalue weighted by molar-refractivity contribution is -0.140. The fourth-order valence-corrected chi connectivity index (χ4v) is 4.07. The first-order valence-corrected chi connectivity index (χ1v) is 11.0. The highest BCUT2D eigenvalue weighted by molar-refractivity contribution is 7.14. The topological polar surface area (TPSA) is 82.6 Å². The van der Waals surface area contributed by atoms with Gasteiger partial charge in [-0.2, -0.15) is 0 Å². The first kappa shape index (κ1) is 20.3. The van der Waals surface area contributed by atoms with E-state index in [1.165, 1.54) is 17.4 Å². The molecule has 2 aromatic rings. The first-order chi connectivity index (χ1) is 14.6. The Balaban J connectivity index is 1.24. The summed E-state index contributed by atoms with van der Waals surface area (Å²) in [6, 6.07) is 9.57. The summed E-state index contributed by atoms with van der Waals surface area (Å²) >= 11 is 1.30. The number of nitrogens with zero attached hydrogens (tertiary/aromatic N) is 3. The molecule has 156 valence electrons. The molecule has 7 nitrogen and oxygen atoms in total. The van der Waals surface area contributed by atoms with E-state index >= 15 is 0 Å².